The lowest BCUT2D eigenvalue weighted by Crippen LogP contribution is -2.37. The number of nitrogens with zero attached hydrogens (tertiary/aromatic N) is 3. The third-order valence-electron chi connectivity index (χ3n) is 5.82. The van der Waals surface area contributed by atoms with Crippen molar-refractivity contribution < 1.29 is 27.1 Å². The maximum atomic E-state index is 14.4. The molecule has 11 heteroatoms. The van der Waals surface area contributed by atoms with E-state index in [1.807, 2.05) is 0 Å². The van der Waals surface area contributed by atoms with Crippen LogP contribution < -0.4 is 10.1 Å². The smallest absolute Gasteiger partial charge is 0.416 e. The Balaban J connectivity index is 1.63. The number of anilines is 1. The minimum absolute atomic E-state index is 0.0906. The molecule has 2 amide bonds. The molecule has 0 aliphatic carbocycles. The molecule has 0 unspecified atom stereocenters. The number of aromatic nitrogens is 2. The van der Waals surface area contributed by atoms with Crippen molar-refractivity contribution in [2.45, 2.75) is 24.9 Å². The molecular weight excluding hydrogens is 460 g/mol. The lowest BCUT2D eigenvalue weighted by Gasteiger charge is -2.28. The number of urea groups is 1. The van der Waals surface area contributed by atoms with Crippen molar-refractivity contribution in [2.75, 3.05) is 25.5 Å². The minimum atomic E-state index is -4.57. The molecule has 1 fully saturated rings. The van der Waals surface area contributed by atoms with Gasteiger partial charge in [-0.25, -0.2) is 14.2 Å². The van der Waals surface area contributed by atoms with Gasteiger partial charge in [0.25, 0.3) is 0 Å². The van der Waals surface area contributed by atoms with Gasteiger partial charge in [-0.15, -0.1) is 0 Å². The Morgan fingerprint density at radius 3 is 2.67 bits per heavy atom. The molecule has 4 rings (SSSR count). The van der Waals surface area contributed by atoms with E-state index in [0.717, 1.165) is 18.2 Å². The number of ether oxygens (including phenoxy) is 1. The Morgan fingerprint density at radius 1 is 1.24 bits per heavy atom. The molecule has 2 aromatic carbocycles. The van der Waals surface area contributed by atoms with Gasteiger partial charge >= 0.3 is 12.2 Å². The Morgan fingerprint density at radius 2 is 2.03 bits per heavy atom. The highest BCUT2D eigenvalue weighted by molar-refractivity contribution is 7.05. The van der Waals surface area contributed by atoms with Gasteiger partial charge in [0, 0.05) is 13.1 Å². The SMILES string of the molecule is COc1ccc(C(F)(F)F)cc1NC(=O)N1CC[C@](c2ccc(C)c(F)c2)(c2ncns2)C1. The number of rotatable bonds is 4. The first-order valence-electron chi connectivity index (χ1n) is 9.99. The molecule has 1 aliphatic heterocycles. The normalized spacial score (nSPS) is 18.4. The second-order valence-electron chi connectivity index (χ2n) is 7.81. The van der Waals surface area contributed by atoms with Gasteiger partial charge in [-0.1, -0.05) is 12.1 Å². The van der Waals surface area contributed by atoms with Crippen LogP contribution in [0.5, 0.6) is 5.75 Å². The van der Waals surface area contributed by atoms with Crippen LogP contribution in [-0.2, 0) is 11.6 Å². The molecule has 0 bridgehead atoms. The lowest BCUT2D eigenvalue weighted by molar-refractivity contribution is -0.137. The summed E-state index contributed by atoms with van der Waals surface area (Å²) in [5, 5.41) is 3.16. The van der Waals surface area contributed by atoms with Crippen molar-refractivity contribution in [1.82, 2.24) is 14.3 Å². The second kappa shape index (κ2) is 8.62. The Hall–Kier alpha value is -3.21. The van der Waals surface area contributed by atoms with Crippen LogP contribution >= 0.6 is 11.5 Å². The van der Waals surface area contributed by atoms with E-state index in [0.29, 0.717) is 29.1 Å². The maximum Gasteiger partial charge on any atom is 0.416 e. The molecule has 1 aromatic heterocycles. The van der Waals surface area contributed by atoms with E-state index < -0.39 is 23.2 Å². The molecule has 3 aromatic rings. The van der Waals surface area contributed by atoms with Crippen LogP contribution in [0.15, 0.2) is 42.7 Å². The summed E-state index contributed by atoms with van der Waals surface area (Å²) in [6.07, 6.45) is -2.71. The van der Waals surface area contributed by atoms with Crippen LogP contribution in [-0.4, -0.2) is 40.5 Å². The van der Waals surface area contributed by atoms with Crippen LogP contribution in [0.1, 0.15) is 28.1 Å². The molecule has 0 saturated carbocycles. The zero-order valence-corrected chi connectivity index (χ0v) is 18.6. The molecule has 2 heterocycles. The third kappa shape index (κ3) is 4.37. The van der Waals surface area contributed by atoms with Gasteiger partial charge in [-0.3, -0.25) is 0 Å². The van der Waals surface area contributed by atoms with Gasteiger partial charge < -0.3 is 15.0 Å². The van der Waals surface area contributed by atoms with Gasteiger partial charge in [0.15, 0.2) is 0 Å². The van der Waals surface area contributed by atoms with Crippen molar-refractivity contribution in [3.63, 3.8) is 0 Å². The molecule has 6 nitrogen and oxygen atoms in total. The van der Waals surface area contributed by atoms with Crippen molar-refractivity contribution in [2.24, 2.45) is 0 Å². The average molecular weight is 480 g/mol. The van der Waals surface area contributed by atoms with Crippen molar-refractivity contribution in [1.29, 1.82) is 0 Å². The molecule has 0 spiro atoms. The van der Waals surface area contributed by atoms with Crippen molar-refractivity contribution in [3.8, 4) is 5.75 Å². The first kappa shape index (κ1) is 23.0. The molecule has 174 valence electrons. The summed E-state index contributed by atoms with van der Waals surface area (Å²) >= 11 is 1.17. The number of nitrogens with one attached hydrogen (secondary N) is 1. The highest BCUT2D eigenvalue weighted by Gasteiger charge is 2.45. The number of halogens is 4. The van der Waals surface area contributed by atoms with Gasteiger partial charge in [0.1, 0.15) is 22.9 Å². The van der Waals surface area contributed by atoms with Gasteiger partial charge in [-0.2, -0.15) is 17.5 Å². The fourth-order valence-corrected chi connectivity index (χ4v) is 4.72. The van der Waals surface area contributed by atoms with E-state index in [4.69, 9.17) is 4.74 Å². The zero-order chi connectivity index (χ0) is 23.8. The van der Waals surface area contributed by atoms with Crippen molar-refractivity contribution in [3.05, 3.63) is 70.2 Å². The Bertz CT molecular complexity index is 1170. The highest BCUT2D eigenvalue weighted by Crippen LogP contribution is 2.42. The Kier molecular flexibility index (Phi) is 6.00. The molecule has 1 saturated heterocycles. The summed E-state index contributed by atoms with van der Waals surface area (Å²) in [5.41, 5.74) is -0.611. The average Bonchev–Trinajstić information content (AvgIpc) is 3.46. The minimum Gasteiger partial charge on any atom is -0.495 e. The van der Waals surface area contributed by atoms with E-state index in [1.165, 1.54) is 35.9 Å². The molecule has 0 radical (unpaired) electrons. The number of benzene rings is 2. The number of hydrogen-bond donors (Lipinski definition) is 1. The summed E-state index contributed by atoms with van der Waals surface area (Å²) < 4.78 is 63.0. The van der Waals surface area contributed by atoms with Gasteiger partial charge in [-0.05, 0) is 60.3 Å². The largest absolute Gasteiger partial charge is 0.495 e. The van der Waals surface area contributed by atoms with Crippen LogP contribution in [0, 0.1) is 12.7 Å². The monoisotopic (exact) mass is 480 g/mol. The summed E-state index contributed by atoms with van der Waals surface area (Å²) in [6, 6.07) is 7.20. The van der Waals surface area contributed by atoms with E-state index in [2.05, 4.69) is 14.7 Å². The first-order valence-corrected chi connectivity index (χ1v) is 10.8. The number of carbonyl (C=O) groups excluding carboxylic acids is 1. The Labute approximate surface area is 191 Å². The van der Waals surface area contributed by atoms with Crippen molar-refractivity contribution >= 4 is 23.3 Å². The topological polar surface area (TPSA) is 67.3 Å². The summed E-state index contributed by atoms with van der Waals surface area (Å²) in [5.74, 6) is -0.264. The number of alkyl halides is 3. The van der Waals surface area contributed by atoms with Gasteiger partial charge in [0.05, 0.1) is 23.8 Å². The number of methoxy groups -OCH3 is 1. The van der Waals surface area contributed by atoms with Crippen LogP contribution in [0.25, 0.3) is 0 Å². The van der Waals surface area contributed by atoms with E-state index >= 15 is 0 Å². The highest BCUT2D eigenvalue weighted by atomic mass is 32.1. The summed E-state index contributed by atoms with van der Waals surface area (Å²) in [4.78, 5) is 18.8. The summed E-state index contributed by atoms with van der Waals surface area (Å²) in [6.45, 7) is 2.12. The van der Waals surface area contributed by atoms with Crippen LogP contribution in [0.3, 0.4) is 0 Å². The zero-order valence-electron chi connectivity index (χ0n) is 17.7. The lowest BCUT2D eigenvalue weighted by atomic mass is 9.80. The number of carbonyl (C=O) groups is 1. The standard InChI is InChI=1S/C22H20F4N4O2S/c1-13-3-4-14(9-16(13)23)21(19-27-12-28-33-19)7-8-30(11-21)20(31)29-17-10-15(22(24,25)26)5-6-18(17)32-2/h3-6,9-10,12H,7-8,11H2,1-2H3,(H,29,31)/t21-/m0/s1. The molecule has 1 N–H and O–H groups in total. The fourth-order valence-electron chi connectivity index (χ4n) is 3.97. The van der Waals surface area contributed by atoms with E-state index in [-0.39, 0.29) is 23.8 Å². The number of aryl methyl sites for hydroxylation is 1. The van der Waals surface area contributed by atoms with Crippen LogP contribution in [0.4, 0.5) is 28.0 Å². The quantitative estimate of drug-likeness (QED) is 0.519. The summed E-state index contributed by atoms with van der Waals surface area (Å²) in [7, 11) is 1.31. The molecular formula is C22H20F4N4O2S. The molecule has 33 heavy (non-hydrogen) atoms. The van der Waals surface area contributed by atoms with E-state index in [1.54, 1.807) is 19.1 Å². The second-order valence-corrected chi connectivity index (χ2v) is 8.59. The van der Waals surface area contributed by atoms with Crippen LogP contribution in [0.2, 0.25) is 0 Å². The number of amides is 2. The van der Waals surface area contributed by atoms with Gasteiger partial charge in [0.2, 0.25) is 0 Å². The number of likely N-dealkylation sites (tertiary alicyclic amines) is 1. The molecule has 1 atom stereocenters. The third-order valence-corrected chi connectivity index (χ3v) is 6.69. The number of hydrogen-bond acceptors (Lipinski definition) is 5. The predicted molar refractivity (Wildman–Crippen MR) is 115 cm³/mol. The predicted octanol–water partition coefficient (Wildman–Crippen LogP) is 5.24. The molecule has 1 aliphatic rings. The van der Waals surface area contributed by atoms with E-state index in [9.17, 15) is 22.4 Å². The maximum absolute atomic E-state index is 14.4. The fraction of sp³-hybridized carbons (Fsp3) is 0.318. The first-order chi connectivity index (χ1) is 15.6.